The second-order valence-corrected chi connectivity index (χ2v) is 7.66. The van der Waals surface area contributed by atoms with Gasteiger partial charge in [0.1, 0.15) is 0 Å². The van der Waals surface area contributed by atoms with E-state index in [4.69, 9.17) is 9.47 Å². The van der Waals surface area contributed by atoms with E-state index < -0.39 is 0 Å². The second-order valence-electron chi connectivity index (χ2n) is 7.66. The smallest absolute Gasteiger partial charge is 0.223 e. The maximum absolute atomic E-state index is 12.7. The molecule has 0 aromatic heterocycles. The Kier molecular flexibility index (Phi) is 7.15. The molecule has 1 fully saturated rings. The molecule has 1 saturated carbocycles. The number of methoxy groups -OCH3 is 2. The van der Waals surface area contributed by atoms with E-state index in [1.165, 1.54) is 12.8 Å². The highest BCUT2D eigenvalue weighted by Crippen LogP contribution is 2.38. The maximum atomic E-state index is 12.7. The van der Waals surface area contributed by atoms with Crippen LogP contribution in [0.2, 0.25) is 0 Å². The van der Waals surface area contributed by atoms with E-state index in [0.29, 0.717) is 24.3 Å². The van der Waals surface area contributed by atoms with Crippen molar-refractivity contribution in [2.45, 2.75) is 46.5 Å². The Labute approximate surface area is 152 Å². The van der Waals surface area contributed by atoms with Crippen molar-refractivity contribution in [2.75, 3.05) is 20.8 Å². The molecule has 1 N–H and O–H groups in total. The lowest BCUT2D eigenvalue weighted by Gasteiger charge is -2.36. The predicted octanol–water partition coefficient (Wildman–Crippen LogP) is 4.07. The van der Waals surface area contributed by atoms with Crippen LogP contribution in [-0.4, -0.2) is 26.7 Å². The molecule has 1 aromatic rings. The molecule has 0 heterocycles. The molecular weight excluding hydrogens is 314 g/mol. The van der Waals surface area contributed by atoms with Crippen LogP contribution < -0.4 is 14.8 Å². The summed E-state index contributed by atoms with van der Waals surface area (Å²) in [6, 6.07) is 5.91. The Hall–Kier alpha value is -1.71. The quantitative estimate of drug-likeness (QED) is 0.809. The molecule has 1 aliphatic rings. The van der Waals surface area contributed by atoms with E-state index in [1.807, 2.05) is 18.2 Å². The van der Waals surface area contributed by atoms with E-state index in [2.05, 4.69) is 26.1 Å². The number of carbonyl (C=O) groups excluding carboxylic acids is 1. The normalized spacial score (nSPS) is 23.4. The van der Waals surface area contributed by atoms with Crippen molar-refractivity contribution in [3.63, 3.8) is 0 Å². The second kappa shape index (κ2) is 9.12. The molecule has 0 aliphatic heterocycles. The summed E-state index contributed by atoms with van der Waals surface area (Å²) in [5.74, 6) is 3.57. The fourth-order valence-corrected chi connectivity index (χ4v) is 4.00. The van der Waals surface area contributed by atoms with Crippen molar-refractivity contribution in [1.29, 1.82) is 0 Å². The summed E-state index contributed by atoms with van der Waals surface area (Å²) in [4.78, 5) is 12.7. The molecular formula is C21H33NO3. The zero-order chi connectivity index (χ0) is 18.4. The molecule has 0 saturated heterocycles. The van der Waals surface area contributed by atoms with Crippen LogP contribution in [0.1, 0.15) is 45.6 Å². The molecule has 4 nitrogen and oxygen atoms in total. The van der Waals surface area contributed by atoms with E-state index in [9.17, 15) is 4.79 Å². The average molecular weight is 347 g/mol. The molecule has 0 spiro atoms. The summed E-state index contributed by atoms with van der Waals surface area (Å²) < 4.78 is 10.6. The van der Waals surface area contributed by atoms with Crippen molar-refractivity contribution in [1.82, 2.24) is 5.32 Å². The van der Waals surface area contributed by atoms with Crippen LogP contribution in [0.15, 0.2) is 18.2 Å². The number of rotatable bonds is 7. The standard InChI is InChI=1S/C21H33NO3/c1-14(2)17-8-6-15(3)12-18(17)21(23)22-11-10-16-7-9-19(24-4)20(13-16)25-5/h7,9,13-15,17-18H,6,8,10-12H2,1-5H3,(H,22,23)/t15-,17+,18?/m0/s1. The Balaban J connectivity index is 1.91. The van der Waals surface area contributed by atoms with Gasteiger partial charge in [0.25, 0.3) is 0 Å². The molecule has 1 aromatic carbocycles. The van der Waals surface area contributed by atoms with Crippen LogP contribution in [-0.2, 0) is 11.2 Å². The summed E-state index contributed by atoms with van der Waals surface area (Å²) in [6.45, 7) is 7.40. The molecule has 3 atom stereocenters. The van der Waals surface area contributed by atoms with Crippen molar-refractivity contribution in [3.8, 4) is 11.5 Å². The first-order chi connectivity index (χ1) is 12.0. The van der Waals surface area contributed by atoms with Crippen LogP contribution >= 0.6 is 0 Å². The lowest BCUT2D eigenvalue weighted by molar-refractivity contribution is -0.129. The summed E-state index contributed by atoms with van der Waals surface area (Å²) in [5, 5.41) is 3.16. The van der Waals surface area contributed by atoms with Gasteiger partial charge in [-0.3, -0.25) is 4.79 Å². The number of nitrogens with one attached hydrogen (secondary N) is 1. The highest BCUT2D eigenvalue weighted by molar-refractivity contribution is 5.79. The number of ether oxygens (including phenoxy) is 2. The highest BCUT2D eigenvalue weighted by Gasteiger charge is 2.35. The van der Waals surface area contributed by atoms with Gasteiger partial charge in [0.15, 0.2) is 11.5 Å². The fraction of sp³-hybridized carbons (Fsp3) is 0.667. The largest absolute Gasteiger partial charge is 0.493 e. The summed E-state index contributed by atoms with van der Waals surface area (Å²) in [7, 11) is 3.27. The number of hydrogen-bond acceptors (Lipinski definition) is 3. The van der Waals surface area contributed by atoms with Gasteiger partial charge in [0, 0.05) is 12.5 Å². The molecule has 2 rings (SSSR count). The molecule has 0 radical (unpaired) electrons. The first-order valence-corrected chi connectivity index (χ1v) is 9.44. The minimum absolute atomic E-state index is 0.161. The van der Waals surface area contributed by atoms with Gasteiger partial charge in [-0.15, -0.1) is 0 Å². The minimum Gasteiger partial charge on any atom is -0.493 e. The van der Waals surface area contributed by atoms with Gasteiger partial charge < -0.3 is 14.8 Å². The average Bonchev–Trinajstić information content (AvgIpc) is 2.61. The third-order valence-electron chi connectivity index (χ3n) is 5.52. The van der Waals surface area contributed by atoms with Gasteiger partial charge in [0.05, 0.1) is 14.2 Å². The van der Waals surface area contributed by atoms with Crippen molar-refractivity contribution in [2.24, 2.45) is 23.7 Å². The predicted molar refractivity (Wildman–Crippen MR) is 101 cm³/mol. The Morgan fingerprint density at radius 1 is 1.20 bits per heavy atom. The minimum atomic E-state index is 0.161. The van der Waals surface area contributed by atoms with E-state index in [-0.39, 0.29) is 11.8 Å². The lowest BCUT2D eigenvalue weighted by atomic mass is 9.70. The molecule has 4 heteroatoms. The van der Waals surface area contributed by atoms with E-state index in [1.54, 1.807) is 14.2 Å². The number of hydrogen-bond donors (Lipinski definition) is 1. The summed E-state index contributed by atoms with van der Waals surface area (Å²) in [5.41, 5.74) is 1.13. The Morgan fingerprint density at radius 2 is 1.92 bits per heavy atom. The fourth-order valence-electron chi connectivity index (χ4n) is 4.00. The molecule has 25 heavy (non-hydrogen) atoms. The van der Waals surface area contributed by atoms with Crippen LogP contribution in [0.5, 0.6) is 11.5 Å². The zero-order valence-electron chi connectivity index (χ0n) is 16.3. The van der Waals surface area contributed by atoms with Gasteiger partial charge in [-0.25, -0.2) is 0 Å². The van der Waals surface area contributed by atoms with Gasteiger partial charge >= 0.3 is 0 Å². The first kappa shape index (κ1) is 19.6. The van der Waals surface area contributed by atoms with Gasteiger partial charge in [-0.1, -0.05) is 33.3 Å². The first-order valence-electron chi connectivity index (χ1n) is 9.44. The molecule has 1 unspecified atom stereocenters. The van der Waals surface area contributed by atoms with Gasteiger partial charge in [0.2, 0.25) is 5.91 Å². The van der Waals surface area contributed by atoms with E-state index >= 15 is 0 Å². The van der Waals surface area contributed by atoms with Crippen LogP contribution in [0.25, 0.3) is 0 Å². The zero-order valence-corrected chi connectivity index (χ0v) is 16.3. The van der Waals surface area contributed by atoms with Crippen LogP contribution in [0, 0.1) is 23.7 Å². The number of carbonyl (C=O) groups is 1. The van der Waals surface area contributed by atoms with Crippen molar-refractivity contribution < 1.29 is 14.3 Å². The Morgan fingerprint density at radius 3 is 2.56 bits per heavy atom. The number of amides is 1. The SMILES string of the molecule is COc1ccc(CCNC(=O)C2C[C@@H](C)CC[C@@H]2C(C)C)cc1OC. The van der Waals surface area contributed by atoms with Crippen LogP contribution in [0.4, 0.5) is 0 Å². The third-order valence-corrected chi connectivity index (χ3v) is 5.52. The third kappa shape index (κ3) is 5.13. The maximum Gasteiger partial charge on any atom is 0.223 e. The number of benzene rings is 1. The summed E-state index contributed by atoms with van der Waals surface area (Å²) >= 11 is 0. The van der Waals surface area contributed by atoms with Crippen molar-refractivity contribution in [3.05, 3.63) is 23.8 Å². The summed E-state index contributed by atoms with van der Waals surface area (Å²) in [6.07, 6.45) is 4.23. The van der Waals surface area contributed by atoms with Crippen molar-refractivity contribution >= 4 is 5.91 Å². The monoisotopic (exact) mass is 347 g/mol. The molecule has 140 valence electrons. The van der Waals surface area contributed by atoms with Gasteiger partial charge in [-0.2, -0.15) is 0 Å². The highest BCUT2D eigenvalue weighted by atomic mass is 16.5. The molecule has 1 aliphatic carbocycles. The topological polar surface area (TPSA) is 47.6 Å². The molecule has 0 bridgehead atoms. The molecule has 1 amide bonds. The lowest BCUT2D eigenvalue weighted by Crippen LogP contribution is -2.40. The van der Waals surface area contributed by atoms with Crippen LogP contribution in [0.3, 0.4) is 0 Å². The van der Waals surface area contributed by atoms with Gasteiger partial charge in [-0.05, 0) is 54.7 Å². The van der Waals surface area contributed by atoms with E-state index in [0.717, 1.165) is 29.9 Å². The Bertz CT molecular complexity index is 570.